The second-order valence-electron chi connectivity index (χ2n) is 6.55. The average Bonchev–Trinajstić information content (AvgIpc) is 2.65. The first-order valence-electron chi connectivity index (χ1n) is 8.51. The van der Waals surface area contributed by atoms with Crippen LogP contribution in [-0.2, 0) is 0 Å². The van der Waals surface area contributed by atoms with E-state index >= 15 is 0 Å². The Balaban J connectivity index is 1.75. The van der Waals surface area contributed by atoms with E-state index in [1.807, 2.05) is 7.05 Å². The van der Waals surface area contributed by atoms with Crippen LogP contribution >= 0.6 is 0 Å². The number of carbonyl (C=O) groups is 2. The molecule has 1 aliphatic heterocycles. The van der Waals surface area contributed by atoms with Gasteiger partial charge < -0.3 is 10.2 Å². The Morgan fingerprint density at radius 3 is 2.44 bits per heavy atom. The maximum atomic E-state index is 13.7. The average molecular weight is 377 g/mol. The van der Waals surface area contributed by atoms with Gasteiger partial charge in [-0.3, -0.25) is 9.59 Å². The Labute approximate surface area is 154 Å². The number of anilines is 1. The van der Waals surface area contributed by atoms with Crippen LogP contribution in [0.15, 0.2) is 30.3 Å². The van der Waals surface area contributed by atoms with Crippen molar-refractivity contribution in [1.82, 2.24) is 9.88 Å². The van der Waals surface area contributed by atoms with Crippen molar-refractivity contribution in [2.75, 3.05) is 25.5 Å². The summed E-state index contributed by atoms with van der Waals surface area (Å²) in [6.07, 6.45) is 1.46. The number of pyridine rings is 1. The lowest BCUT2D eigenvalue weighted by Crippen LogP contribution is -2.33. The van der Waals surface area contributed by atoms with Crippen LogP contribution in [0.25, 0.3) is 0 Å². The molecule has 1 aromatic heterocycles. The van der Waals surface area contributed by atoms with E-state index in [0.717, 1.165) is 25.9 Å². The maximum absolute atomic E-state index is 13.7. The number of piperidine rings is 1. The van der Waals surface area contributed by atoms with Gasteiger partial charge in [-0.15, -0.1) is 0 Å². The summed E-state index contributed by atoms with van der Waals surface area (Å²) in [6, 6.07) is 5.31. The van der Waals surface area contributed by atoms with Gasteiger partial charge in [0, 0.05) is 12.0 Å². The molecular formula is C19H18F3N3O2. The molecule has 1 fully saturated rings. The summed E-state index contributed by atoms with van der Waals surface area (Å²) in [5.41, 5.74) is -0.448. The number of rotatable bonds is 4. The molecule has 2 heterocycles. The first-order chi connectivity index (χ1) is 12.8. The minimum absolute atomic E-state index is 0.0305. The number of amides is 1. The van der Waals surface area contributed by atoms with E-state index < -0.39 is 28.9 Å². The molecule has 0 bridgehead atoms. The summed E-state index contributed by atoms with van der Waals surface area (Å²) in [7, 11) is 1.99. The number of Topliss-reactive ketones (excluding diaryl/α,β-unsaturated/α-hetero) is 1. The number of carbonyl (C=O) groups excluding carboxylic acids is 2. The summed E-state index contributed by atoms with van der Waals surface area (Å²) in [4.78, 5) is 31.0. The number of aromatic nitrogens is 1. The van der Waals surface area contributed by atoms with Crippen molar-refractivity contribution < 1.29 is 22.8 Å². The summed E-state index contributed by atoms with van der Waals surface area (Å²) in [5.74, 6) is -5.11. The Morgan fingerprint density at radius 2 is 1.74 bits per heavy atom. The molecule has 0 spiro atoms. The van der Waals surface area contributed by atoms with E-state index in [9.17, 15) is 22.8 Å². The minimum atomic E-state index is -1.38. The molecule has 0 aliphatic carbocycles. The molecular weight excluding hydrogens is 359 g/mol. The van der Waals surface area contributed by atoms with Crippen LogP contribution in [0.1, 0.15) is 33.7 Å². The fourth-order valence-corrected chi connectivity index (χ4v) is 3.00. The standard InChI is InChI=1S/C19H18F3N3O2/c1-25-7-5-11(6-8-25)18(26)16-3-2-4-17(23-16)24-19(27)12-9-14(21)15(22)10-13(12)20/h2-4,9-11H,5-8H2,1H3,(H,23,24,27). The highest BCUT2D eigenvalue weighted by molar-refractivity contribution is 6.04. The van der Waals surface area contributed by atoms with E-state index in [1.165, 1.54) is 6.07 Å². The predicted molar refractivity (Wildman–Crippen MR) is 93.1 cm³/mol. The van der Waals surface area contributed by atoms with Crippen LogP contribution in [-0.4, -0.2) is 41.7 Å². The molecule has 142 valence electrons. The zero-order valence-corrected chi connectivity index (χ0v) is 14.6. The van der Waals surface area contributed by atoms with Crippen molar-refractivity contribution in [2.24, 2.45) is 5.92 Å². The van der Waals surface area contributed by atoms with Crippen molar-refractivity contribution >= 4 is 17.5 Å². The molecule has 1 N–H and O–H groups in total. The van der Waals surface area contributed by atoms with Crippen LogP contribution in [0.2, 0.25) is 0 Å². The number of hydrogen-bond donors (Lipinski definition) is 1. The highest BCUT2D eigenvalue weighted by atomic mass is 19.2. The molecule has 1 saturated heterocycles. The van der Waals surface area contributed by atoms with Gasteiger partial charge in [-0.25, -0.2) is 18.2 Å². The Morgan fingerprint density at radius 1 is 1.07 bits per heavy atom. The van der Waals surface area contributed by atoms with Crippen molar-refractivity contribution in [3.8, 4) is 0 Å². The van der Waals surface area contributed by atoms with Crippen molar-refractivity contribution in [3.63, 3.8) is 0 Å². The molecule has 1 aromatic carbocycles. The molecule has 5 nitrogen and oxygen atoms in total. The SMILES string of the molecule is CN1CCC(C(=O)c2cccc(NC(=O)c3cc(F)c(F)cc3F)n2)CC1. The summed E-state index contributed by atoms with van der Waals surface area (Å²) in [5, 5.41) is 2.31. The largest absolute Gasteiger partial charge is 0.306 e. The maximum Gasteiger partial charge on any atom is 0.259 e. The Hall–Kier alpha value is -2.74. The zero-order chi connectivity index (χ0) is 19.6. The Kier molecular flexibility index (Phi) is 5.55. The molecule has 0 unspecified atom stereocenters. The number of likely N-dealkylation sites (tertiary alicyclic amines) is 1. The number of nitrogens with one attached hydrogen (secondary N) is 1. The van der Waals surface area contributed by atoms with Crippen LogP contribution < -0.4 is 5.32 Å². The van der Waals surface area contributed by atoms with Crippen molar-refractivity contribution in [1.29, 1.82) is 0 Å². The summed E-state index contributed by atoms with van der Waals surface area (Å²) in [6.45, 7) is 1.64. The third-order valence-electron chi connectivity index (χ3n) is 4.59. The fourth-order valence-electron chi connectivity index (χ4n) is 3.00. The normalized spacial score (nSPS) is 15.6. The van der Waals surface area contributed by atoms with E-state index in [4.69, 9.17) is 0 Å². The second-order valence-corrected chi connectivity index (χ2v) is 6.55. The molecule has 0 saturated carbocycles. The monoisotopic (exact) mass is 377 g/mol. The van der Waals surface area contributed by atoms with E-state index in [0.29, 0.717) is 12.1 Å². The van der Waals surface area contributed by atoms with Gasteiger partial charge in [0.1, 0.15) is 17.3 Å². The van der Waals surface area contributed by atoms with Gasteiger partial charge >= 0.3 is 0 Å². The number of ketones is 1. The van der Waals surface area contributed by atoms with Crippen LogP contribution in [0, 0.1) is 23.4 Å². The lowest BCUT2D eigenvalue weighted by molar-refractivity contribution is 0.0851. The van der Waals surface area contributed by atoms with Gasteiger partial charge in [0.2, 0.25) is 0 Å². The van der Waals surface area contributed by atoms with Gasteiger partial charge in [0.25, 0.3) is 5.91 Å². The minimum Gasteiger partial charge on any atom is -0.306 e. The third-order valence-corrected chi connectivity index (χ3v) is 4.59. The van der Waals surface area contributed by atoms with Crippen LogP contribution in [0.4, 0.5) is 19.0 Å². The van der Waals surface area contributed by atoms with E-state index in [2.05, 4.69) is 15.2 Å². The van der Waals surface area contributed by atoms with Crippen molar-refractivity contribution in [2.45, 2.75) is 12.8 Å². The number of hydrogen-bond acceptors (Lipinski definition) is 4. The molecule has 3 rings (SSSR count). The van der Waals surface area contributed by atoms with E-state index in [-0.39, 0.29) is 23.2 Å². The molecule has 27 heavy (non-hydrogen) atoms. The lowest BCUT2D eigenvalue weighted by atomic mass is 9.91. The molecule has 2 aromatic rings. The second kappa shape index (κ2) is 7.87. The van der Waals surface area contributed by atoms with Gasteiger partial charge in [-0.05, 0) is 51.2 Å². The first kappa shape index (κ1) is 19.0. The highest BCUT2D eigenvalue weighted by Crippen LogP contribution is 2.21. The molecule has 0 radical (unpaired) electrons. The summed E-state index contributed by atoms with van der Waals surface area (Å²) < 4.78 is 40.0. The van der Waals surface area contributed by atoms with Crippen LogP contribution in [0.3, 0.4) is 0 Å². The fraction of sp³-hybridized carbons (Fsp3) is 0.316. The smallest absolute Gasteiger partial charge is 0.259 e. The van der Waals surface area contributed by atoms with Crippen molar-refractivity contribution in [3.05, 3.63) is 59.0 Å². The zero-order valence-electron chi connectivity index (χ0n) is 14.6. The lowest BCUT2D eigenvalue weighted by Gasteiger charge is -2.27. The third kappa shape index (κ3) is 4.33. The molecule has 1 aliphatic rings. The number of halogens is 3. The first-order valence-corrected chi connectivity index (χ1v) is 8.51. The number of benzene rings is 1. The van der Waals surface area contributed by atoms with Gasteiger partial charge in [-0.1, -0.05) is 6.07 Å². The number of nitrogens with zero attached hydrogens (tertiary/aromatic N) is 2. The molecule has 8 heteroatoms. The van der Waals surface area contributed by atoms with Gasteiger partial charge in [0.15, 0.2) is 17.4 Å². The van der Waals surface area contributed by atoms with Gasteiger partial charge in [-0.2, -0.15) is 0 Å². The van der Waals surface area contributed by atoms with E-state index in [1.54, 1.807) is 12.1 Å². The van der Waals surface area contributed by atoms with Crippen LogP contribution in [0.5, 0.6) is 0 Å². The highest BCUT2D eigenvalue weighted by Gasteiger charge is 2.25. The molecule has 1 amide bonds. The van der Waals surface area contributed by atoms with Gasteiger partial charge in [0.05, 0.1) is 5.56 Å². The quantitative estimate of drug-likeness (QED) is 0.656. The topological polar surface area (TPSA) is 62.3 Å². The summed E-state index contributed by atoms with van der Waals surface area (Å²) >= 11 is 0. The molecule has 0 atom stereocenters. The Bertz CT molecular complexity index is 880. The predicted octanol–water partition coefficient (Wildman–Crippen LogP) is 3.28.